The van der Waals surface area contributed by atoms with E-state index in [1.807, 2.05) is 0 Å². The van der Waals surface area contributed by atoms with Crippen molar-refractivity contribution in [2.45, 2.75) is 6.42 Å². The summed E-state index contributed by atoms with van der Waals surface area (Å²) < 4.78 is 18.4. The molecule has 0 aliphatic carbocycles. The number of nitro groups is 1. The zero-order chi connectivity index (χ0) is 13.1. The van der Waals surface area contributed by atoms with Crippen LogP contribution >= 0.6 is 11.6 Å². The van der Waals surface area contributed by atoms with Crippen molar-refractivity contribution < 1.29 is 13.7 Å². The van der Waals surface area contributed by atoms with Crippen molar-refractivity contribution in [3.8, 4) is 11.5 Å². The molecule has 1 heterocycles. The van der Waals surface area contributed by atoms with E-state index in [4.69, 9.17) is 16.0 Å². The van der Waals surface area contributed by atoms with Gasteiger partial charge in [-0.1, -0.05) is 0 Å². The number of hydrogen-bond donors (Lipinski definition) is 0. The Morgan fingerprint density at radius 1 is 1.39 bits per heavy atom. The highest BCUT2D eigenvalue weighted by Crippen LogP contribution is 2.24. The average molecular weight is 272 g/mol. The van der Waals surface area contributed by atoms with Crippen LogP contribution in [0.25, 0.3) is 11.5 Å². The van der Waals surface area contributed by atoms with Crippen LogP contribution in [0.1, 0.15) is 5.89 Å². The molecule has 0 N–H and O–H groups in total. The summed E-state index contributed by atoms with van der Waals surface area (Å²) in [6.45, 7) is 0. The van der Waals surface area contributed by atoms with Crippen molar-refractivity contribution in [1.29, 1.82) is 0 Å². The van der Waals surface area contributed by atoms with Crippen LogP contribution in [-0.4, -0.2) is 21.0 Å². The van der Waals surface area contributed by atoms with E-state index in [9.17, 15) is 14.5 Å². The van der Waals surface area contributed by atoms with Gasteiger partial charge in [0.1, 0.15) is 5.82 Å². The highest BCUT2D eigenvalue weighted by Gasteiger charge is 2.15. The van der Waals surface area contributed by atoms with Gasteiger partial charge in [-0.2, -0.15) is 0 Å². The number of rotatable bonds is 4. The summed E-state index contributed by atoms with van der Waals surface area (Å²) >= 11 is 5.51. The van der Waals surface area contributed by atoms with Gasteiger partial charge in [0.2, 0.25) is 11.8 Å². The van der Waals surface area contributed by atoms with Gasteiger partial charge < -0.3 is 4.42 Å². The lowest BCUT2D eigenvalue weighted by molar-refractivity contribution is -0.385. The molecular formula is C10H7ClFN3O3. The SMILES string of the molecule is O=[N+]([O-])c1cc(F)cc(-c2nnc(CCCl)o2)c1. The van der Waals surface area contributed by atoms with Crippen molar-refractivity contribution >= 4 is 17.3 Å². The zero-order valence-electron chi connectivity index (χ0n) is 8.97. The molecule has 0 saturated carbocycles. The Labute approximate surface area is 106 Å². The fourth-order valence-corrected chi connectivity index (χ4v) is 1.52. The normalized spacial score (nSPS) is 10.6. The summed E-state index contributed by atoms with van der Waals surface area (Å²) in [5.74, 6) is -0.105. The molecule has 18 heavy (non-hydrogen) atoms. The van der Waals surface area contributed by atoms with E-state index in [1.54, 1.807) is 0 Å². The second-order valence-electron chi connectivity index (χ2n) is 3.40. The maximum Gasteiger partial charge on any atom is 0.273 e. The van der Waals surface area contributed by atoms with Gasteiger partial charge in [0.25, 0.3) is 5.69 Å². The molecule has 1 aromatic carbocycles. The molecule has 0 amide bonds. The number of alkyl halides is 1. The summed E-state index contributed by atoms with van der Waals surface area (Å²) in [5, 5.41) is 18.0. The smallest absolute Gasteiger partial charge is 0.273 e. The predicted molar refractivity (Wildman–Crippen MR) is 60.8 cm³/mol. The molecule has 1 aromatic heterocycles. The van der Waals surface area contributed by atoms with Gasteiger partial charge in [-0.3, -0.25) is 10.1 Å². The van der Waals surface area contributed by atoms with Crippen LogP contribution in [0.15, 0.2) is 22.6 Å². The van der Waals surface area contributed by atoms with Gasteiger partial charge in [-0.05, 0) is 6.07 Å². The molecule has 0 aliphatic rings. The molecule has 0 saturated heterocycles. The molecule has 2 rings (SSSR count). The van der Waals surface area contributed by atoms with Gasteiger partial charge in [-0.15, -0.1) is 21.8 Å². The minimum Gasteiger partial charge on any atom is -0.421 e. The first-order valence-corrected chi connectivity index (χ1v) is 5.47. The molecule has 0 radical (unpaired) electrons. The van der Waals surface area contributed by atoms with Crippen molar-refractivity contribution in [3.05, 3.63) is 40.0 Å². The van der Waals surface area contributed by atoms with Crippen LogP contribution < -0.4 is 0 Å². The van der Waals surface area contributed by atoms with E-state index in [-0.39, 0.29) is 17.1 Å². The first-order chi connectivity index (χ1) is 8.60. The van der Waals surface area contributed by atoms with Crippen molar-refractivity contribution in [1.82, 2.24) is 10.2 Å². The Morgan fingerprint density at radius 2 is 2.17 bits per heavy atom. The summed E-state index contributed by atoms with van der Waals surface area (Å²) in [4.78, 5) is 9.91. The fraction of sp³-hybridized carbons (Fsp3) is 0.200. The van der Waals surface area contributed by atoms with Gasteiger partial charge in [-0.25, -0.2) is 4.39 Å². The largest absolute Gasteiger partial charge is 0.421 e. The van der Waals surface area contributed by atoms with E-state index in [2.05, 4.69) is 10.2 Å². The van der Waals surface area contributed by atoms with Crippen LogP contribution in [0.3, 0.4) is 0 Å². The molecule has 94 valence electrons. The number of nitro benzene ring substituents is 1. The summed E-state index contributed by atoms with van der Waals surface area (Å²) in [7, 11) is 0. The fourth-order valence-electron chi connectivity index (χ4n) is 1.36. The molecule has 0 atom stereocenters. The summed E-state index contributed by atoms with van der Waals surface area (Å²) in [5.41, 5.74) is -0.211. The quantitative estimate of drug-likeness (QED) is 0.485. The first kappa shape index (κ1) is 12.4. The Balaban J connectivity index is 2.39. The number of non-ortho nitro benzene ring substituents is 1. The number of nitrogens with zero attached hydrogens (tertiary/aromatic N) is 3. The highest BCUT2D eigenvalue weighted by molar-refractivity contribution is 6.17. The Morgan fingerprint density at radius 3 is 2.83 bits per heavy atom. The Bertz CT molecular complexity index is 587. The second-order valence-corrected chi connectivity index (χ2v) is 3.77. The van der Waals surface area contributed by atoms with E-state index in [0.717, 1.165) is 12.1 Å². The average Bonchev–Trinajstić information content (AvgIpc) is 2.77. The lowest BCUT2D eigenvalue weighted by Gasteiger charge is -1.96. The topological polar surface area (TPSA) is 82.1 Å². The van der Waals surface area contributed by atoms with Crippen molar-refractivity contribution in [2.75, 3.05) is 5.88 Å². The minimum atomic E-state index is -0.740. The highest BCUT2D eigenvalue weighted by atomic mass is 35.5. The van der Waals surface area contributed by atoms with Gasteiger partial charge in [0, 0.05) is 23.9 Å². The zero-order valence-corrected chi connectivity index (χ0v) is 9.72. The predicted octanol–water partition coefficient (Wildman–Crippen LogP) is 2.57. The van der Waals surface area contributed by atoms with E-state index in [1.165, 1.54) is 6.07 Å². The summed E-state index contributed by atoms with van der Waals surface area (Å²) in [6.07, 6.45) is 0.381. The third kappa shape index (κ3) is 2.62. The lowest BCUT2D eigenvalue weighted by Crippen LogP contribution is -1.90. The first-order valence-electron chi connectivity index (χ1n) is 4.94. The van der Waals surface area contributed by atoms with Crippen LogP contribution in [0.5, 0.6) is 0 Å². The van der Waals surface area contributed by atoms with Crippen molar-refractivity contribution in [2.24, 2.45) is 0 Å². The molecule has 8 heteroatoms. The monoisotopic (exact) mass is 271 g/mol. The maximum atomic E-state index is 13.2. The third-order valence-electron chi connectivity index (χ3n) is 2.12. The molecule has 0 fully saturated rings. The number of aryl methyl sites for hydroxylation is 1. The second kappa shape index (κ2) is 5.09. The molecular weight excluding hydrogens is 265 g/mol. The third-order valence-corrected chi connectivity index (χ3v) is 2.30. The Hall–Kier alpha value is -2.02. The number of benzene rings is 1. The molecule has 0 aliphatic heterocycles. The van der Waals surface area contributed by atoms with E-state index >= 15 is 0 Å². The van der Waals surface area contributed by atoms with Gasteiger partial charge in [0.05, 0.1) is 11.0 Å². The maximum absolute atomic E-state index is 13.2. The molecule has 0 unspecified atom stereocenters. The van der Waals surface area contributed by atoms with Crippen molar-refractivity contribution in [3.63, 3.8) is 0 Å². The Kier molecular flexibility index (Phi) is 3.52. The van der Waals surface area contributed by atoms with Crippen LogP contribution in [0, 0.1) is 15.9 Å². The van der Waals surface area contributed by atoms with Gasteiger partial charge >= 0.3 is 0 Å². The van der Waals surface area contributed by atoms with E-state index < -0.39 is 10.7 Å². The lowest BCUT2D eigenvalue weighted by atomic mass is 10.2. The number of aromatic nitrogens is 2. The van der Waals surface area contributed by atoms with Gasteiger partial charge in [0.15, 0.2) is 0 Å². The molecule has 0 spiro atoms. The van der Waals surface area contributed by atoms with Crippen LogP contribution in [-0.2, 0) is 6.42 Å². The van der Waals surface area contributed by atoms with Crippen LogP contribution in [0.2, 0.25) is 0 Å². The number of halogens is 2. The molecule has 2 aromatic rings. The molecule has 0 bridgehead atoms. The molecule has 6 nitrogen and oxygen atoms in total. The summed E-state index contributed by atoms with van der Waals surface area (Å²) in [6, 6.07) is 3.08. The minimum absolute atomic E-state index is 0.0257. The van der Waals surface area contributed by atoms with Crippen LogP contribution in [0.4, 0.5) is 10.1 Å². The standard InChI is InChI=1S/C10H7ClFN3O3/c11-2-1-9-13-14-10(18-9)6-3-7(12)5-8(4-6)15(16)17/h3-5H,1-2H2. The van der Waals surface area contributed by atoms with E-state index in [0.29, 0.717) is 18.2 Å². The number of hydrogen-bond acceptors (Lipinski definition) is 5.